The van der Waals surface area contributed by atoms with Crippen molar-refractivity contribution in [3.8, 4) is 0 Å². The lowest BCUT2D eigenvalue weighted by Crippen LogP contribution is -2.42. The highest BCUT2D eigenvalue weighted by Gasteiger charge is 2.19. The Morgan fingerprint density at radius 1 is 1.45 bits per heavy atom. The van der Waals surface area contributed by atoms with E-state index in [0.717, 1.165) is 37.0 Å². The largest absolute Gasteiger partial charge is 0.381 e. The van der Waals surface area contributed by atoms with Crippen molar-refractivity contribution >= 4 is 16.8 Å². The minimum atomic E-state index is -0.975. The van der Waals surface area contributed by atoms with Gasteiger partial charge in [0.2, 0.25) is 0 Å². The lowest BCUT2D eigenvalue weighted by Gasteiger charge is -2.24. The van der Waals surface area contributed by atoms with Crippen LogP contribution in [0.4, 0.5) is 0 Å². The number of benzene rings is 1. The SMILES string of the molecule is CN=C(NCCS(=O)c1ccccc1)N(C)CC1CCOC1. The molecule has 1 N–H and O–H groups in total. The monoisotopic (exact) mass is 323 g/mol. The zero-order valence-electron chi connectivity index (χ0n) is 13.3. The molecule has 0 radical (unpaired) electrons. The normalized spacial score (nSPS) is 19.9. The number of nitrogens with one attached hydrogen (secondary N) is 1. The maximum absolute atomic E-state index is 12.2. The number of guanidine groups is 1. The van der Waals surface area contributed by atoms with Crippen LogP contribution in [0.15, 0.2) is 40.2 Å². The molecule has 1 aromatic carbocycles. The summed E-state index contributed by atoms with van der Waals surface area (Å²) in [6.45, 7) is 3.26. The summed E-state index contributed by atoms with van der Waals surface area (Å²) in [4.78, 5) is 7.28. The Kier molecular flexibility index (Phi) is 6.86. The van der Waals surface area contributed by atoms with Crippen LogP contribution in [0.1, 0.15) is 6.42 Å². The van der Waals surface area contributed by atoms with Gasteiger partial charge in [0.1, 0.15) is 0 Å². The minimum absolute atomic E-state index is 0.571. The Morgan fingerprint density at radius 3 is 2.86 bits per heavy atom. The van der Waals surface area contributed by atoms with Gasteiger partial charge < -0.3 is 15.0 Å². The molecule has 0 aliphatic carbocycles. The smallest absolute Gasteiger partial charge is 0.193 e. The van der Waals surface area contributed by atoms with Crippen molar-refractivity contribution in [2.75, 3.05) is 46.2 Å². The van der Waals surface area contributed by atoms with Crippen molar-refractivity contribution in [1.29, 1.82) is 0 Å². The second kappa shape index (κ2) is 8.90. The summed E-state index contributed by atoms with van der Waals surface area (Å²) < 4.78 is 17.6. The van der Waals surface area contributed by atoms with Crippen LogP contribution in [-0.2, 0) is 15.5 Å². The van der Waals surface area contributed by atoms with Crippen molar-refractivity contribution in [3.63, 3.8) is 0 Å². The average Bonchev–Trinajstić information content (AvgIpc) is 3.05. The third-order valence-corrected chi connectivity index (χ3v) is 5.08. The fraction of sp³-hybridized carbons (Fsp3) is 0.562. The fourth-order valence-corrected chi connectivity index (χ4v) is 3.52. The number of rotatable bonds is 6. The Labute approximate surface area is 135 Å². The molecule has 0 saturated carbocycles. The van der Waals surface area contributed by atoms with Gasteiger partial charge in [0.25, 0.3) is 0 Å². The maximum Gasteiger partial charge on any atom is 0.193 e. The average molecular weight is 323 g/mol. The molecule has 1 aliphatic heterocycles. The number of hydrogen-bond donors (Lipinski definition) is 1. The lowest BCUT2D eigenvalue weighted by atomic mass is 10.1. The van der Waals surface area contributed by atoms with Gasteiger partial charge >= 0.3 is 0 Å². The summed E-state index contributed by atoms with van der Waals surface area (Å²) in [7, 11) is 2.83. The van der Waals surface area contributed by atoms with Gasteiger partial charge in [-0.3, -0.25) is 9.20 Å². The van der Waals surface area contributed by atoms with Crippen molar-refractivity contribution < 1.29 is 8.95 Å². The zero-order chi connectivity index (χ0) is 15.8. The molecule has 1 fully saturated rings. The van der Waals surface area contributed by atoms with Crippen molar-refractivity contribution in [2.24, 2.45) is 10.9 Å². The Balaban J connectivity index is 1.75. The van der Waals surface area contributed by atoms with E-state index in [1.807, 2.05) is 37.4 Å². The van der Waals surface area contributed by atoms with Gasteiger partial charge in [-0.25, -0.2) is 0 Å². The number of aliphatic imine (C=N–C) groups is 1. The minimum Gasteiger partial charge on any atom is -0.381 e. The molecule has 0 amide bonds. The van der Waals surface area contributed by atoms with Crippen LogP contribution < -0.4 is 5.32 Å². The summed E-state index contributed by atoms with van der Waals surface area (Å²) >= 11 is 0. The maximum atomic E-state index is 12.2. The van der Waals surface area contributed by atoms with E-state index >= 15 is 0 Å². The van der Waals surface area contributed by atoms with Crippen LogP contribution in [0, 0.1) is 5.92 Å². The summed E-state index contributed by atoms with van der Waals surface area (Å²) in [6.07, 6.45) is 1.11. The third-order valence-electron chi connectivity index (χ3n) is 3.71. The molecule has 0 spiro atoms. The van der Waals surface area contributed by atoms with Gasteiger partial charge in [-0.2, -0.15) is 0 Å². The molecule has 0 aromatic heterocycles. The summed E-state index contributed by atoms with van der Waals surface area (Å²) in [6, 6.07) is 9.56. The van der Waals surface area contributed by atoms with Gasteiger partial charge in [-0.1, -0.05) is 18.2 Å². The van der Waals surface area contributed by atoms with E-state index in [-0.39, 0.29) is 0 Å². The molecule has 1 saturated heterocycles. The van der Waals surface area contributed by atoms with Crippen LogP contribution in [0.25, 0.3) is 0 Å². The first-order chi connectivity index (χ1) is 10.7. The van der Waals surface area contributed by atoms with E-state index in [4.69, 9.17) is 4.74 Å². The van der Waals surface area contributed by atoms with Gasteiger partial charge in [-0.05, 0) is 18.6 Å². The highest BCUT2D eigenvalue weighted by atomic mass is 32.2. The first kappa shape index (κ1) is 17.0. The molecule has 2 atom stereocenters. The number of nitrogens with zero attached hydrogens (tertiary/aromatic N) is 2. The summed E-state index contributed by atoms with van der Waals surface area (Å²) in [5.74, 6) is 1.99. The van der Waals surface area contributed by atoms with E-state index in [1.54, 1.807) is 7.05 Å². The summed E-state index contributed by atoms with van der Waals surface area (Å²) in [5.41, 5.74) is 0. The first-order valence-electron chi connectivity index (χ1n) is 7.63. The van der Waals surface area contributed by atoms with Crippen molar-refractivity contribution in [1.82, 2.24) is 10.2 Å². The predicted octanol–water partition coefficient (Wildman–Crippen LogP) is 1.34. The van der Waals surface area contributed by atoms with Crippen LogP contribution in [0.5, 0.6) is 0 Å². The molecule has 1 heterocycles. The van der Waals surface area contributed by atoms with Crippen LogP contribution in [0.3, 0.4) is 0 Å². The van der Waals surface area contributed by atoms with Gasteiger partial charge in [-0.15, -0.1) is 0 Å². The van der Waals surface area contributed by atoms with Crippen LogP contribution >= 0.6 is 0 Å². The second-order valence-corrected chi connectivity index (χ2v) is 7.02. The van der Waals surface area contributed by atoms with E-state index in [0.29, 0.717) is 18.2 Å². The van der Waals surface area contributed by atoms with Gasteiger partial charge in [0.15, 0.2) is 5.96 Å². The zero-order valence-corrected chi connectivity index (χ0v) is 14.1. The fourth-order valence-electron chi connectivity index (χ4n) is 2.53. The molecular weight excluding hydrogens is 298 g/mol. The van der Waals surface area contributed by atoms with Crippen molar-refractivity contribution in [2.45, 2.75) is 11.3 Å². The lowest BCUT2D eigenvalue weighted by molar-refractivity contribution is 0.181. The molecule has 5 nitrogen and oxygen atoms in total. The Morgan fingerprint density at radius 2 is 2.23 bits per heavy atom. The van der Waals surface area contributed by atoms with E-state index in [2.05, 4.69) is 15.2 Å². The first-order valence-corrected chi connectivity index (χ1v) is 8.95. The molecule has 2 unspecified atom stereocenters. The van der Waals surface area contributed by atoms with E-state index < -0.39 is 10.8 Å². The molecule has 0 bridgehead atoms. The van der Waals surface area contributed by atoms with E-state index in [9.17, 15) is 4.21 Å². The third kappa shape index (κ3) is 5.10. The molecule has 22 heavy (non-hydrogen) atoms. The molecule has 6 heteroatoms. The standard InChI is InChI=1S/C16H25N3O2S/c1-17-16(19(2)12-14-8-10-21-13-14)18-9-11-22(20)15-6-4-3-5-7-15/h3-7,14H,8-13H2,1-2H3,(H,17,18). The van der Waals surface area contributed by atoms with E-state index in [1.165, 1.54) is 0 Å². The topological polar surface area (TPSA) is 53.9 Å². The molecule has 2 rings (SSSR count). The molecule has 122 valence electrons. The molecule has 1 aromatic rings. The molecule has 1 aliphatic rings. The number of ether oxygens (including phenoxy) is 1. The highest BCUT2D eigenvalue weighted by molar-refractivity contribution is 7.85. The predicted molar refractivity (Wildman–Crippen MR) is 90.6 cm³/mol. The van der Waals surface area contributed by atoms with Crippen LogP contribution in [0.2, 0.25) is 0 Å². The Bertz CT molecular complexity index is 501. The second-order valence-electron chi connectivity index (χ2n) is 5.45. The highest BCUT2D eigenvalue weighted by Crippen LogP contribution is 2.13. The molecular formula is C16H25N3O2S. The summed E-state index contributed by atoms with van der Waals surface area (Å²) in [5, 5.41) is 3.29. The van der Waals surface area contributed by atoms with Gasteiger partial charge in [0.05, 0.1) is 17.4 Å². The Hall–Kier alpha value is -1.40. The number of hydrogen-bond acceptors (Lipinski definition) is 3. The quantitative estimate of drug-likeness (QED) is 0.634. The van der Waals surface area contributed by atoms with Gasteiger partial charge in [0, 0.05) is 50.4 Å². The van der Waals surface area contributed by atoms with Crippen molar-refractivity contribution in [3.05, 3.63) is 30.3 Å². The van der Waals surface area contributed by atoms with Crippen LogP contribution in [-0.4, -0.2) is 61.2 Å².